The van der Waals surface area contributed by atoms with Gasteiger partial charge in [-0.1, -0.05) is 53.7 Å². The van der Waals surface area contributed by atoms with Gasteiger partial charge < -0.3 is 4.52 Å². The van der Waals surface area contributed by atoms with Crippen LogP contribution in [0.1, 0.15) is 17.1 Å². The summed E-state index contributed by atoms with van der Waals surface area (Å²) in [6.45, 7) is 1.96. The highest BCUT2D eigenvalue weighted by atomic mass is 16.5. The third-order valence-electron chi connectivity index (χ3n) is 3.74. The molecule has 0 saturated carbocycles. The van der Waals surface area contributed by atoms with Crippen molar-refractivity contribution in [1.82, 2.24) is 15.1 Å². The van der Waals surface area contributed by atoms with Gasteiger partial charge in [-0.15, -0.1) is 0 Å². The largest absolute Gasteiger partial charge is 0.334 e. The molecular formula is C20H15N3O. The fourth-order valence-corrected chi connectivity index (χ4v) is 2.64. The molecule has 0 bridgehead atoms. The molecule has 116 valence electrons. The van der Waals surface area contributed by atoms with E-state index in [0.717, 1.165) is 27.7 Å². The predicted molar refractivity (Wildman–Crippen MR) is 95.1 cm³/mol. The van der Waals surface area contributed by atoms with E-state index in [1.54, 1.807) is 0 Å². The lowest BCUT2D eigenvalue weighted by Crippen LogP contribution is -1.89. The summed E-state index contributed by atoms with van der Waals surface area (Å²) in [7, 11) is 0. The zero-order valence-electron chi connectivity index (χ0n) is 13.2. The highest BCUT2D eigenvalue weighted by Crippen LogP contribution is 2.26. The van der Waals surface area contributed by atoms with Crippen LogP contribution < -0.4 is 0 Å². The Morgan fingerprint density at radius 3 is 2.54 bits per heavy atom. The van der Waals surface area contributed by atoms with Crippen molar-refractivity contribution in [2.45, 2.75) is 6.92 Å². The van der Waals surface area contributed by atoms with E-state index < -0.39 is 0 Å². The number of pyridine rings is 1. The molecule has 4 rings (SSSR count). The number of fused-ring (bicyclic) bond motifs is 1. The summed E-state index contributed by atoms with van der Waals surface area (Å²) in [5, 5.41) is 5.14. The number of aromatic nitrogens is 3. The Hall–Kier alpha value is -3.27. The lowest BCUT2D eigenvalue weighted by atomic mass is 10.1. The van der Waals surface area contributed by atoms with Crippen LogP contribution in [0.2, 0.25) is 0 Å². The molecule has 0 saturated heterocycles. The van der Waals surface area contributed by atoms with Crippen molar-refractivity contribution in [2.75, 3.05) is 0 Å². The van der Waals surface area contributed by atoms with Gasteiger partial charge in [-0.25, -0.2) is 0 Å². The second-order valence-electron chi connectivity index (χ2n) is 5.53. The highest BCUT2D eigenvalue weighted by Gasteiger charge is 2.11. The first kappa shape index (κ1) is 14.3. The molecular weight excluding hydrogens is 298 g/mol. The second kappa shape index (κ2) is 6.08. The maximum atomic E-state index is 5.36. The van der Waals surface area contributed by atoms with Gasteiger partial charge in [0.05, 0.1) is 5.52 Å². The molecule has 2 aromatic heterocycles. The Kier molecular flexibility index (Phi) is 3.63. The average molecular weight is 313 g/mol. The van der Waals surface area contributed by atoms with Crippen LogP contribution in [-0.2, 0) is 0 Å². The first-order chi connectivity index (χ1) is 11.8. The van der Waals surface area contributed by atoms with E-state index in [2.05, 4.69) is 15.1 Å². The van der Waals surface area contributed by atoms with E-state index >= 15 is 0 Å². The third-order valence-corrected chi connectivity index (χ3v) is 3.74. The first-order valence-electron chi connectivity index (χ1n) is 7.73. The molecule has 0 aliphatic heterocycles. The van der Waals surface area contributed by atoms with Crippen LogP contribution in [0.15, 0.2) is 65.2 Å². The fourth-order valence-electron chi connectivity index (χ4n) is 2.64. The Morgan fingerprint density at radius 2 is 1.67 bits per heavy atom. The molecule has 4 aromatic rings. The summed E-state index contributed by atoms with van der Waals surface area (Å²) in [5.41, 5.74) is 3.87. The summed E-state index contributed by atoms with van der Waals surface area (Å²) in [5.74, 6) is 1.05. The van der Waals surface area contributed by atoms with Crippen LogP contribution in [0.3, 0.4) is 0 Å². The van der Waals surface area contributed by atoms with Gasteiger partial charge in [0.1, 0.15) is 0 Å². The Labute approximate surface area is 139 Å². The van der Waals surface area contributed by atoms with E-state index in [0.29, 0.717) is 11.7 Å². The van der Waals surface area contributed by atoms with Crippen LogP contribution in [0.4, 0.5) is 0 Å². The maximum absolute atomic E-state index is 5.36. The number of hydrogen-bond donors (Lipinski definition) is 0. The molecule has 2 aromatic carbocycles. The van der Waals surface area contributed by atoms with E-state index in [-0.39, 0.29) is 0 Å². The Bertz CT molecular complexity index is 1020. The average Bonchev–Trinajstić information content (AvgIpc) is 3.09. The second-order valence-corrected chi connectivity index (χ2v) is 5.53. The van der Waals surface area contributed by atoms with Gasteiger partial charge in [-0.05, 0) is 30.7 Å². The SMILES string of the molecule is Cc1cc(-c2noc(/C=C/c3ccccc3)n2)c2ccccc2n1. The van der Waals surface area contributed by atoms with Crippen LogP contribution in [0, 0.1) is 6.92 Å². The molecule has 0 aliphatic carbocycles. The van der Waals surface area contributed by atoms with Crippen molar-refractivity contribution >= 4 is 23.1 Å². The summed E-state index contributed by atoms with van der Waals surface area (Å²) < 4.78 is 5.36. The molecule has 0 atom stereocenters. The molecule has 0 amide bonds. The van der Waals surface area contributed by atoms with Gasteiger partial charge >= 0.3 is 0 Å². The molecule has 0 fully saturated rings. The van der Waals surface area contributed by atoms with Crippen molar-refractivity contribution in [3.63, 3.8) is 0 Å². The first-order valence-corrected chi connectivity index (χ1v) is 7.73. The van der Waals surface area contributed by atoms with Gasteiger partial charge in [0.25, 0.3) is 5.89 Å². The monoisotopic (exact) mass is 313 g/mol. The predicted octanol–water partition coefficient (Wildman–Crippen LogP) is 4.76. The third kappa shape index (κ3) is 2.82. The molecule has 0 radical (unpaired) electrons. The minimum atomic E-state index is 0.479. The van der Waals surface area contributed by atoms with Crippen molar-refractivity contribution in [1.29, 1.82) is 0 Å². The minimum absolute atomic E-state index is 0.479. The van der Waals surface area contributed by atoms with Gasteiger partial charge in [-0.2, -0.15) is 4.98 Å². The molecule has 4 nitrogen and oxygen atoms in total. The van der Waals surface area contributed by atoms with Crippen LogP contribution in [0.5, 0.6) is 0 Å². The van der Waals surface area contributed by atoms with Crippen molar-refractivity contribution in [2.24, 2.45) is 0 Å². The molecule has 0 unspecified atom stereocenters. The molecule has 0 aliphatic rings. The van der Waals surface area contributed by atoms with Crippen molar-refractivity contribution in [3.8, 4) is 11.4 Å². The number of nitrogens with zero attached hydrogens (tertiary/aromatic N) is 3. The fraction of sp³-hybridized carbons (Fsp3) is 0.0500. The quantitative estimate of drug-likeness (QED) is 0.547. The Morgan fingerprint density at radius 1 is 0.875 bits per heavy atom. The number of aryl methyl sites for hydroxylation is 1. The zero-order valence-corrected chi connectivity index (χ0v) is 13.2. The molecule has 0 spiro atoms. The summed E-state index contributed by atoms with van der Waals surface area (Å²) >= 11 is 0. The zero-order chi connectivity index (χ0) is 16.4. The van der Waals surface area contributed by atoms with Gasteiger partial charge in [0, 0.05) is 22.7 Å². The van der Waals surface area contributed by atoms with E-state index in [4.69, 9.17) is 4.52 Å². The van der Waals surface area contributed by atoms with Gasteiger partial charge in [0.15, 0.2) is 0 Å². The summed E-state index contributed by atoms with van der Waals surface area (Å²) in [6, 6.07) is 20.0. The lowest BCUT2D eigenvalue weighted by Gasteiger charge is -2.03. The van der Waals surface area contributed by atoms with Crippen molar-refractivity contribution < 1.29 is 4.52 Å². The van der Waals surface area contributed by atoms with Crippen LogP contribution >= 0.6 is 0 Å². The molecule has 2 heterocycles. The normalized spacial score (nSPS) is 11.4. The smallest absolute Gasteiger partial charge is 0.250 e. The summed E-state index contributed by atoms with van der Waals surface area (Å²) in [4.78, 5) is 9.04. The minimum Gasteiger partial charge on any atom is -0.334 e. The highest BCUT2D eigenvalue weighted by molar-refractivity contribution is 5.92. The lowest BCUT2D eigenvalue weighted by molar-refractivity contribution is 0.411. The van der Waals surface area contributed by atoms with Gasteiger partial charge in [0.2, 0.25) is 5.82 Å². The van der Waals surface area contributed by atoms with Crippen LogP contribution in [-0.4, -0.2) is 15.1 Å². The van der Waals surface area contributed by atoms with E-state index in [9.17, 15) is 0 Å². The standard InChI is InChI=1S/C20H15N3O/c1-14-13-17(16-9-5-6-10-18(16)21-14)20-22-19(24-23-20)12-11-15-7-3-2-4-8-15/h2-13H,1H3/b12-11+. The maximum Gasteiger partial charge on any atom is 0.250 e. The van der Waals surface area contributed by atoms with Crippen molar-refractivity contribution in [3.05, 3.63) is 77.8 Å². The summed E-state index contributed by atoms with van der Waals surface area (Å²) in [6.07, 6.45) is 3.77. The molecule has 4 heteroatoms. The molecule has 24 heavy (non-hydrogen) atoms. The van der Waals surface area contributed by atoms with Crippen LogP contribution in [0.25, 0.3) is 34.4 Å². The topological polar surface area (TPSA) is 51.8 Å². The Balaban J connectivity index is 1.72. The van der Waals surface area contributed by atoms with E-state index in [1.165, 1.54) is 0 Å². The van der Waals surface area contributed by atoms with E-state index in [1.807, 2.05) is 79.7 Å². The number of para-hydroxylation sites is 1. The number of benzene rings is 2. The van der Waals surface area contributed by atoms with Gasteiger partial charge in [-0.3, -0.25) is 4.98 Å². The molecule has 0 N–H and O–H groups in total. The number of rotatable bonds is 3. The number of hydrogen-bond acceptors (Lipinski definition) is 4.